The van der Waals surface area contributed by atoms with Crippen LogP contribution in [-0.2, 0) is 25.3 Å². The Hall–Kier alpha value is -3.42. The highest BCUT2D eigenvalue weighted by Gasteiger charge is 2.75. The molecule has 0 heterocycles. The standard InChI is InChI=1S/C33H39NO5Si/c1-32(2,3)40(25-17-11-7-12-18-25,26-19-13-8-14-20-26)39-28-21-29(33(22-27(28)33)30(35)37-5)34(4)31(36)38-23-24-15-9-6-10-16-24/h6-20,27-29H,21-23H2,1-5H3. The molecule has 0 aromatic heterocycles. The third kappa shape index (κ3) is 4.75. The number of amides is 1. The fourth-order valence-corrected chi connectivity index (χ4v) is 11.5. The number of hydrogen-bond donors (Lipinski definition) is 0. The van der Waals surface area contributed by atoms with E-state index in [2.05, 4.69) is 69.3 Å². The summed E-state index contributed by atoms with van der Waals surface area (Å²) in [4.78, 5) is 28.1. The zero-order valence-corrected chi connectivity index (χ0v) is 25.0. The lowest BCUT2D eigenvalue weighted by Crippen LogP contribution is -2.67. The smallest absolute Gasteiger partial charge is 0.410 e. The van der Waals surface area contributed by atoms with Gasteiger partial charge in [0.2, 0.25) is 0 Å². The molecule has 2 fully saturated rings. The minimum atomic E-state index is -2.85. The summed E-state index contributed by atoms with van der Waals surface area (Å²) in [6.07, 6.45) is 0.513. The number of hydrogen-bond acceptors (Lipinski definition) is 5. The summed E-state index contributed by atoms with van der Waals surface area (Å²) in [7, 11) is 0.305. The maximum absolute atomic E-state index is 13.3. The first kappa shape index (κ1) is 28.1. The highest BCUT2D eigenvalue weighted by molar-refractivity contribution is 6.99. The van der Waals surface area contributed by atoms with Crippen molar-refractivity contribution in [3.8, 4) is 0 Å². The van der Waals surface area contributed by atoms with Crippen LogP contribution < -0.4 is 10.4 Å². The highest BCUT2D eigenvalue weighted by Crippen LogP contribution is 2.66. The molecule has 4 unspecified atom stereocenters. The van der Waals surface area contributed by atoms with Crippen molar-refractivity contribution in [1.29, 1.82) is 0 Å². The number of nitrogens with zero attached hydrogens (tertiary/aromatic N) is 1. The number of methoxy groups -OCH3 is 1. The molecule has 4 atom stereocenters. The van der Waals surface area contributed by atoms with Gasteiger partial charge in [0.05, 0.1) is 24.7 Å². The van der Waals surface area contributed by atoms with Gasteiger partial charge < -0.3 is 18.8 Å². The van der Waals surface area contributed by atoms with Crippen molar-refractivity contribution in [2.45, 2.75) is 57.4 Å². The van der Waals surface area contributed by atoms with Crippen LogP contribution in [0.15, 0.2) is 91.0 Å². The third-order valence-electron chi connectivity index (χ3n) is 8.83. The van der Waals surface area contributed by atoms with Crippen LogP contribution in [-0.4, -0.2) is 51.6 Å². The molecule has 5 rings (SSSR count). The van der Waals surface area contributed by atoms with Gasteiger partial charge in [0.15, 0.2) is 0 Å². The molecule has 7 heteroatoms. The van der Waals surface area contributed by atoms with E-state index in [0.717, 1.165) is 5.56 Å². The Morgan fingerprint density at radius 2 is 1.43 bits per heavy atom. The fraction of sp³-hybridized carbons (Fsp3) is 0.394. The Balaban J connectivity index is 1.48. The summed E-state index contributed by atoms with van der Waals surface area (Å²) in [6, 6.07) is 30.2. The molecule has 1 amide bonds. The molecule has 0 bridgehead atoms. The Labute approximate surface area is 238 Å². The molecule has 2 aliphatic carbocycles. The Morgan fingerprint density at radius 3 is 1.93 bits per heavy atom. The number of benzene rings is 3. The molecule has 0 radical (unpaired) electrons. The molecule has 0 saturated heterocycles. The quantitative estimate of drug-likeness (QED) is 0.283. The van der Waals surface area contributed by atoms with Crippen LogP contribution in [0.25, 0.3) is 0 Å². The Bertz CT molecular complexity index is 1290. The molecule has 2 aliphatic rings. The Kier molecular flexibility index (Phi) is 7.64. The fourth-order valence-electron chi connectivity index (χ4n) is 6.81. The molecule has 0 aliphatic heterocycles. The van der Waals surface area contributed by atoms with Gasteiger partial charge in [-0.3, -0.25) is 4.79 Å². The van der Waals surface area contributed by atoms with Crippen LogP contribution in [0.4, 0.5) is 4.79 Å². The number of carbonyl (C=O) groups is 2. The molecule has 3 aromatic rings. The van der Waals surface area contributed by atoms with Crippen molar-refractivity contribution >= 4 is 30.8 Å². The predicted molar refractivity (Wildman–Crippen MR) is 158 cm³/mol. The Morgan fingerprint density at radius 1 is 0.900 bits per heavy atom. The van der Waals surface area contributed by atoms with E-state index in [0.29, 0.717) is 12.8 Å². The van der Waals surface area contributed by atoms with Gasteiger partial charge in [-0.1, -0.05) is 112 Å². The average Bonchev–Trinajstić information content (AvgIpc) is 3.65. The molecule has 40 heavy (non-hydrogen) atoms. The third-order valence-corrected chi connectivity index (χ3v) is 13.9. The first-order valence-electron chi connectivity index (χ1n) is 14.0. The molecular formula is C33H39NO5Si. The summed E-state index contributed by atoms with van der Waals surface area (Å²) < 4.78 is 18.4. The molecule has 0 spiro atoms. The lowest BCUT2D eigenvalue weighted by Gasteiger charge is -2.45. The molecule has 3 aromatic carbocycles. The molecule has 210 valence electrons. The van der Waals surface area contributed by atoms with Crippen molar-refractivity contribution < 1.29 is 23.5 Å². The van der Waals surface area contributed by atoms with E-state index in [1.165, 1.54) is 17.5 Å². The molecule has 6 nitrogen and oxygen atoms in total. The van der Waals surface area contributed by atoms with Crippen molar-refractivity contribution in [2.75, 3.05) is 14.2 Å². The monoisotopic (exact) mass is 557 g/mol. The highest BCUT2D eigenvalue weighted by atomic mass is 28.4. The maximum Gasteiger partial charge on any atom is 0.410 e. The number of fused-ring (bicyclic) bond motifs is 1. The zero-order valence-electron chi connectivity index (χ0n) is 24.0. The first-order chi connectivity index (χ1) is 19.1. The zero-order chi connectivity index (χ0) is 28.5. The van der Waals surface area contributed by atoms with Gasteiger partial charge in [-0.25, -0.2) is 4.79 Å². The van der Waals surface area contributed by atoms with Gasteiger partial charge in [-0.15, -0.1) is 0 Å². The van der Waals surface area contributed by atoms with Crippen molar-refractivity contribution in [2.24, 2.45) is 11.3 Å². The summed E-state index contributed by atoms with van der Waals surface area (Å²) in [5, 5.41) is 2.19. The normalized spacial score (nSPS) is 23.7. The van der Waals surface area contributed by atoms with Gasteiger partial charge in [0, 0.05) is 13.0 Å². The average molecular weight is 558 g/mol. The summed E-state index contributed by atoms with van der Waals surface area (Å²) in [5.74, 6) is -0.310. The van der Waals surface area contributed by atoms with E-state index in [1.807, 2.05) is 42.5 Å². The second-order valence-corrected chi connectivity index (χ2v) is 16.3. The van der Waals surface area contributed by atoms with Crippen LogP contribution in [0.2, 0.25) is 5.04 Å². The van der Waals surface area contributed by atoms with E-state index < -0.39 is 19.8 Å². The van der Waals surface area contributed by atoms with Crippen molar-refractivity contribution in [3.05, 3.63) is 96.6 Å². The summed E-state index contributed by atoms with van der Waals surface area (Å²) in [6.45, 7) is 6.92. The van der Waals surface area contributed by atoms with Gasteiger partial charge in [0.1, 0.15) is 6.61 Å². The largest absolute Gasteiger partial charge is 0.469 e. The molecule has 0 N–H and O–H groups in total. The van der Waals surface area contributed by atoms with E-state index in [9.17, 15) is 9.59 Å². The van der Waals surface area contributed by atoms with E-state index in [1.54, 1.807) is 11.9 Å². The second kappa shape index (κ2) is 10.9. The number of ether oxygens (including phenoxy) is 2. The number of rotatable bonds is 8. The predicted octanol–water partition coefficient (Wildman–Crippen LogP) is 5.15. The SMILES string of the molecule is COC(=O)C12CC1C(O[Si](c1ccccc1)(c1ccccc1)C(C)(C)C)CC2N(C)C(=O)OCc1ccccc1. The van der Waals surface area contributed by atoms with Crippen molar-refractivity contribution in [3.63, 3.8) is 0 Å². The second-order valence-electron chi connectivity index (χ2n) is 12.1. The van der Waals surface area contributed by atoms with Crippen LogP contribution in [0.1, 0.15) is 39.2 Å². The minimum absolute atomic E-state index is 0.0315. The summed E-state index contributed by atoms with van der Waals surface area (Å²) >= 11 is 0. The van der Waals surface area contributed by atoms with E-state index in [-0.39, 0.29) is 35.7 Å². The van der Waals surface area contributed by atoms with Gasteiger partial charge in [0.25, 0.3) is 8.32 Å². The van der Waals surface area contributed by atoms with E-state index in [4.69, 9.17) is 13.9 Å². The van der Waals surface area contributed by atoms with Gasteiger partial charge in [-0.05, 0) is 33.8 Å². The molecule has 2 saturated carbocycles. The number of carbonyl (C=O) groups excluding carboxylic acids is 2. The number of esters is 1. The van der Waals surface area contributed by atoms with Crippen LogP contribution in [0, 0.1) is 11.3 Å². The topological polar surface area (TPSA) is 65.1 Å². The first-order valence-corrected chi connectivity index (χ1v) is 15.9. The van der Waals surface area contributed by atoms with Gasteiger partial charge in [-0.2, -0.15) is 0 Å². The van der Waals surface area contributed by atoms with Crippen molar-refractivity contribution in [1.82, 2.24) is 4.90 Å². The van der Waals surface area contributed by atoms with Crippen LogP contribution in [0.5, 0.6) is 0 Å². The van der Waals surface area contributed by atoms with Gasteiger partial charge >= 0.3 is 12.1 Å². The lowest BCUT2D eigenvalue weighted by atomic mass is 9.97. The minimum Gasteiger partial charge on any atom is -0.469 e. The maximum atomic E-state index is 13.3. The molecular weight excluding hydrogens is 518 g/mol. The van der Waals surface area contributed by atoms with E-state index >= 15 is 0 Å². The lowest BCUT2D eigenvalue weighted by molar-refractivity contribution is -0.149. The van der Waals surface area contributed by atoms with Crippen LogP contribution >= 0.6 is 0 Å². The summed E-state index contributed by atoms with van der Waals surface area (Å²) in [5.41, 5.74) is 0.126. The van der Waals surface area contributed by atoms with Crippen LogP contribution in [0.3, 0.4) is 0 Å².